The predicted molar refractivity (Wildman–Crippen MR) is 149 cm³/mol. The van der Waals surface area contributed by atoms with Gasteiger partial charge in [0.1, 0.15) is 12.4 Å². The van der Waals surface area contributed by atoms with Crippen LogP contribution in [0, 0.1) is 12.7 Å². The number of halogens is 1. The number of nitrogens with one attached hydrogen (secondary N) is 1. The number of aliphatic hydroxyl groups is 1. The third-order valence-electron chi connectivity index (χ3n) is 8.59. The molecule has 0 saturated carbocycles. The van der Waals surface area contributed by atoms with Gasteiger partial charge < -0.3 is 24.5 Å². The maximum atomic E-state index is 15.1. The second kappa shape index (κ2) is 9.60. The molecule has 9 nitrogen and oxygen atoms in total. The zero-order valence-corrected chi connectivity index (χ0v) is 23.5. The molecule has 1 aromatic carbocycles. The number of pyridine rings is 2. The van der Waals surface area contributed by atoms with Gasteiger partial charge in [-0.25, -0.2) is 14.2 Å². The van der Waals surface area contributed by atoms with Crippen LogP contribution >= 0.6 is 0 Å². The summed E-state index contributed by atoms with van der Waals surface area (Å²) in [6.07, 6.45) is 1.48. The van der Waals surface area contributed by atoms with Crippen molar-refractivity contribution in [2.75, 3.05) is 0 Å². The minimum Gasteiger partial charge on any atom is -0.458 e. The van der Waals surface area contributed by atoms with Crippen molar-refractivity contribution in [2.45, 2.75) is 84.0 Å². The van der Waals surface area contributed by atoms with E-state index in [2.05, 4.69) is 11.9 Å². The molecule has 4 heterocycles. The van der Waals surface area contributed by atoms with E-state index in [1.165, 1.54) is 12.1 Å². The van der Waals surface area contributed by atoms with Crippen LogP contribution in [0.3, 0.4) is 0 Å². The Hall–Kier alpha value is -3.89. The molecule has 0 radical (unpaired) electrons. The molecule has 1 aliphatic carbocycles. The van der Waals surface area contributed by atoms with Crippen LogP contribution in [0.5, 0.6) is 0 Å². The van der Waals surface area contributed by atoms with Crippen LogP contribution in [-0.4, -0.2) is 38.7 Å². The van der Waals surface area contributed by atoms with Gasteiger partial charge in [-0.3, -0.25) is 9.59 Å². The Labute approximate surface area is 236 Å². The lowest BCUT2D eigenvalue weighted by molar-refractivity contribution is -0.172. The number of aryl methyl sites for hydroxylation is 1. The van der Waals surface area contributed by atoms with E-state index in [1.807, 2.05) is 13.8 Å². The molecule has 1 amide bonds. The van der Waals surface area contributed by atoms with Gasteiger partial charge in [-0.15, -0.1) is 0 Å². The number of cyclic esters (lactones) is 1. The van der Waals surface area contributed by atoms with Crippen LogP contribution in [0.4, 0.5) is 4.39 Å². The average Bonchev–Trinajstić information content (AvgIpc) is 3.31. The summed E-state index contributed by atoms with van der Waals surface area (Å²) < 4.78 is 27.5. The molecule has 0 saturated heterocycles. The van der Waals surface area contributed by atoms with E-state index in [0.29, 0.717) is 35.3 Å². The largest absolute Gasteiger partial charge is 0.458 e. The molecule has 2 aromatic heterocycles. The monoisotopic (exact) mass is 561 g/mol. The van der Waals surface area contributed by atoms with Gasteiger partial charge >= 0.3 is 5.97 Å². The summed E-state index contributed by atoms with van der Waals surface area (Å²) in [4.78, 5) is 44.4. The summed E-state index contributed by atoms with van der Waals surface area (Å²) in [6, 6.07) is 2.56. The molecule has 3 atom stereocenters. The second-order valence-corrected chi connectivity index (χ2v) is 11.3. The third kappa shape index (κ3) is 3.95. The molecule has 6 rings (SSSR count). The first-order valence-electron chi connectivity index (χ1n) is 13.9. The molecule has 3 aromatic rings. The zero-order chi connectivity index (χ0) is 29.4. The summed E-state index contributed by atoms with van der Waals surface area (Å²) in [6.45, 7) is 10.7. The van der Waals surface area contributed by atoms with Crippen molar-refractivity contribution in [2.24, 2.45) is 0 Å². The summed E-state index contributed by atoms with van der Waals surface area (Å²) in [5.41, 5.74) is 2.26. The predicted octanol–water partition coefficient (Wildman–Crippen LogP) is 3.61. The summed E-state index contributed by atoms with van der Waals surface area (Å²) in [7, 11) is 0. The van der Waals surface area contributed by atoms with Gasteiger partial charge in [0.25, 0.3) is 11.5 Å². The van der Waals surface area contributed by atoms with Gasteiger partial charge in [-0.1, -0.05) is 19.6 Å². The summed E-state index contributed by atoms with van der Waals surface area (Å²) in [5.74, 6) is -1.53. The van der Waals surface area contributed by atoms with Crippen molar-refractivity contribution in [3.8, 4) is 11.4 Å². The first kappa shape index (κ1) is 27.3. The smallest absolute Gasteiger partial charge is 0.343 e. The Morgan fingerprint density at radius 3 is 2.78 bits per heavy atom. The molecule has 0 bridgehead atoms. The van der Waals surface area contributed by atoms with Gasteiger partial charge in [-0.05, 0) is 62.8 Å². The van der Waals surface area contributed by atoms with Crippen LogP contribution in [0.15, 0.2) is 29.6 Å². The number of benzene rings is 1. The van der Waals surface area contributed by atoms with Crippen LogP contribution in [-0.2, 0) is 44.2 Å². The highest BCUT2D eigenvalue weighted by atomic mass is 19.1. The SMILES string of the molecule is C=C[C@@H](OC(C)C)C(=O)N[C@H]1CCc2c(C)c(F)cc3nc4c(c1c23)Cn1c-4cc2c(c1=O)COC(=O)[C@]2(O)CC. The Balaban J connectivity index is 1.57. The van der Waals surface area contributed by atoms with Crippen molar-refractivity contribution in [1.82, 2.24) is 14.9 Å². The normalized spacial score (nSPS) is 21.2. The molecular formula is C31H32FN3O6. The number of aromatic nitrogens is 2. The number of carbonyl (C=O) groups excluding carboxylic acids is 2. The van der Waals surface area contributed by atoms with Crippen molar-refractivity contribution < 1.29 is 28.6 Å². The third-order valence-corrected chi connectivity index (χ3v) is 8.59. The van der Waals surface area contributed by atoms with E-state index in [-0.39, 0.29) is 54.1 Å². The number of ether oxygens (including phenoxy) is 2. The number of esters is 1. The maximum Gasteiger partial charge on any atom is 0.343 e. The number of hydrogen-bond donors (Lipinski definition) is 2. The highest BCUT2D eigenvalue weighted by Crippen LogP contribution is 2.46. The van der Waals surface area contributed by atoms with Gasteiger partial charge in [-0.2, -0.15) is 0 Å². The molecule has 214 valence electrons. The first-order valence-corrected chi connectivity index (χ1v) is 13.9. The fraction of sp³-hybridized carbons (Fsp3) is 0.419. The van der Waals surface area contributed by atoms with Crippen molar-refractivity contribution >= 4 is 22.8 Å². The quantitative estimate of drug-likeness (QED) is 0.273. The molecular weight excluding hydrogens is 529 g/mol. The molecule has 0 unspecified atom stereocenters. The van der Waals surface area contributed by atoms with E-state index in [1.54, 1.807) is 24.5 Å². The van der Waals surface area contributed by atoms with Crippen LogP contribution in [0.2, 0.25) is 0 Å². The Morgan fingerprint density at radius 2 is 2.10 bits per heavy atom. The fourth-order valence-corrected chi connectivity index (χ4v) is 6.47. The van der Waals surface area contributed by atoms with Crippen LogP contribution < -0.4 is 10.9 Å². The minimum atomic E-state index is -1.96. The highest BCUT2D eigenvalue weighted by molar-refractivity contribution is 5.94. The summed E-state index contributed by atoms with van der Waals surface area (Å²) in [5, 5.41) is 15.1. The Kier molecular flexibility index (Phi) is 6.39. The number of amides is 1. The number of hydrogen-bond acceptors (Lipinski definition) is 7. The van der Waals surface area contributed by atoms with E-state index >= 15 is 4.39 Å². The van der Waals surface area contributed by atoms with Gasteiger partial charge in [0.2, 0.25) is 0 Å². The molecule has 0 spiro atoms. The van der Waals surface area contributed by atoms with Crippen molar-refractivity contribution in [1.29, 1.82) is 0 Å². The first-order chi connectivity index (χ1) is 19.5. The molecule has 2 N–H and O–H groups in total. The molecule has 2 aliphatic heterocycles. The lowest BCUT2D eigenvalue weighted by Gasteiger charge is -2.31. The topological polar surface area (TPSA) is 120 Å². The number of fused-ring (bicyclic) bond motifs is 5. The maximum absolute atomic E-state index is 15.1. The minimum absolute atomic E-state index is 0.0237. The zero-order valence-electron chi connectivity index (χ0n) is 23.5. The van der Waals surface area contributed by atoms with Gasteiger partial charge in [0.05, 0.1) is 41.2 Å². The highest BCUT2D eigenvalue weighted by Gasteiger charge is 2.46. The van der Waals surface area contributed by atoms with E-state index in [0.717, 1.165) is 22.1 Å². The average molecular weight is 562 g/mol. The molecule has 0 fully saturated rings. The van der Waals surface area contributed by atoms with Gasteiger partial charge in [0.15, 0.2) is 11.7 Å². The molecule has 10 heteroatoms. The van der Waals surface area contributed by atoms with Crippen molar-refractivity contribution in [3.05, 3.63) is 74.3 Å². The Bertz CT molecular complexity index is 1730. The second-order valence-electron chi connectivity index (χ2n) is 11.3. The van der Waals surface area contributed by atoms with Crippen LogP contribution in [0.25, 0.3) is 22.3 Å². The lowest BCUT2D eigenvalue weighted by atomic mass is 9.81. The summed E-state index contributed by atoms with van der Waals surface area (Å²) >= 11 is 0. The Morgan fingerprint density at radius 1 is 1.34 bits per heavy atom. The van der Waals surface area contributed by atoms with E-state index in [4.69, 9.17) is 14.5 Å². The number of rotatable bonds is 6. The van der Waals surface area contributed by atoms with Crippen LogP contribution in [0.1, 0.15) is 73.0 Å². The molecule has 41 heavy (non-hydrogen) atoms. The van der Waals surface area contributed by atoms with E-state index in [9.17, 15) is 19.5 Å². The fourth-order valence-electron chi connectivity index (χ4n) is 6.47. The van der Waals surface area contributed by atoms with Gasteiger partial charge in [0, 0.05) is 22.6 Å². The number of carbonyl (C=O) groups is 2. The molecule has 3 aliphatic rings. The number of nitrogens with zero attached hydrogens (tertiary/aromatic N) is 2. The standard InChI is InChI=1S/C31H32FN3O6/c1-6-24(41-14(3)4)28(36)34-21-9-8-16-15(5)20(32)11-22-25(16)26(21)17-12-35-23(27(17)33-22)10-19-18(29(35)37)13-40-30(38)31(19,39)7-2/h6,10-11,14,21,24,39H,1,7-9,12-13H2,2-5H3,(H,34,36)/t21-,24+,31-/m0/s1. The van der Waals surface area contributed by atoms with E-state index < -0.39 is 23.7 Å². The lowest BCUT2D eigenvalue weighted by Crippen LogP contribution is -2.44. The van der Waals surface area contributed by atoms with Crippen molar-refractivity contribution in [3.63, 3.8) is 0 Å².